The van der Waals surface area contributed by atoms with Crippen molar-refractivity contribution in [1.29, 1.82) is 0 Å². The summed E-state index contributed by atoms with van der Waals surface area (Å²) in [7, 11) is -1.98. The third kappa shape index (κ3) is 2.87. The molecule has 1 aliphatic rings. The predicted octanol–water partition coefficient (Wildman–Crippen LogP) is 3.50. The molecule has 142 valence electrons. The molecule has 1 fully saturated rings. The van der Waals surface area contributed by atoms with Gasteiger partial charge in [0.25, 0.3) is 0 Å². The highest BCUT2D eigenvalue weighted by molar-refractivity contribution is 6.74. The average Bonchev–Trinajstić information content (AvgIpc) is 3.18. The molecule has 2 N–H and O–H groups in total. The summed E-state index contributed by atoms with van der Waals surface area (Å²) in [4.78, 5) is 11.9. The minimum Gasteiger partial charge on any atom is -0.408 e. The topological polar surface area (TPSA) is 82.5 Å². The van der Waals surface area contributed by atoms with E-state index >= 15 is 0 Å². The van der Waals surface area contributed by atoms with E-state index in [1.54, 1.807) is 0 Å². The average molecular weight is 375 g/mol. The fourth-order valence-corrected chi connectivity index (χ4v) is 4.96. The molecule has 2 aromatic heterocycles. The summed E-state index contributed by atoms with van der Waals surface area (Å²) >= 11 is 0. The Kier molecular flexibility index (Phi) is 4.12. The highest BCUT2D eigenvalue weighted by Gasteiger charge is 2.54. The molecule has 6 nitrogen and oxygen atoms in total. The number of nitrogens with zero attached hydrogens (tertiary/aromatic N) is 3. The van der Waals surface area contributed by atoms with Crippen molar-refractivity contribution in [2.45, 2.75) is 76.6 Å². The van der Waals surface area contributed by atoms with E-state index in [0.29, 0.717) is 5.82 Å². The molecule has 1 saturated carbocycles. The van der Waals surface area contributed by atoms with Crippen LogP contribution in [0, 0.1) is 0 Å². The summed E-state index contributed by atoms with van der Waals surface area (Å²) in [6, 6.07) is 3.99. The quantitative estimate of drug-likeness (QED) is 0.812. The van der Waals surface area contributed by atoms with Crippen LogP contribution in [-0.4, -0.2) is 28.8 Å². The molecule has 3 rings (SSSR count). The van der Waals surface area contributed by atoms with Crippen molar-refractivity contribution < 1.29 is 9.22 Å². The first kappa shape index (κ1) is 19.0. The smallest absolute Gasteiger partial charge is 0.231 e. The maximum atomic E-state index is 11.9. The van der Waals surface area contributed by atoms with Crippen molar-refractivity contribution >= 4 is 19.9 Å². The number of carbonyl (C=O) groups is 1. The van der Waals surface area contributed by atoms with Gasteiger partial charge in [-0.05, 0) is 50.9 Å². The van der Waals surface area contributed by atoms with Crippen molar-refractivity contribution in [3.05, 3.63) is 29.7 Å². The van der Waals surface area contributed by atoms with E-state index < -0.39 is 19.3 Å². The summed E-state index contributed by atoms with van der Waals surface area (Å²) < 4.78 is 8.61. The maximum absolute atomic E-state index is 11.9. The molecule has 0 atom stereocenters. The van der Waals surface area contributed by atoms with Gasteiger partial charge in [-0.25, -0.2) is 0 Å². The molecule has 0 saturated heterocycles. The van der Waals surface area contributed by atoms with Crippen molar-refractivity contribution in [1.82, 2.24) is 14.6 Å². The molecular formula is C19H30N4O2Si. The zero-order valence-corrected chi connectivity index (χ0v) is 17.9. The Labute approximate surface area is 156 Å². The number of amides is 1. The summed E-state index contributed by atoms with van der Waals surface area (Å²) in [5, 5.41) is 8.85. The molecule has 26 heavy (non-hydrogen) atoms. The van der Waals surface area contributed by atoms with Gasteiger partial charge in [-0.1, -0.05) is 26.8 Å². The third-order valence-electron chi connectivity index (χ3n) is 6.05. The third-order valence-corrected chi connectivity index (χ3v) is 10.7. The Morgan fingerprint density at radius 2 is 1.85 bits per heavy atom. The van der Waals surface area contributed by atoms with E-state index in [9.17, 15) is 4.79 Å². The van der Waals surface area contributed by atoms with E-state index in [4.69, 9.17) is 10.2 Å². The van der Waals surface area contributed by atoms with Crippen molar-refractivity contribution in [3.8, 4) is 0 Å². The largest absolute Gasteiger partial charge is 0.408 e. The van der Waals surface area contributed by atoms with Gasteiger partial charge in [0.2, 0.25) is 5.91 Å². The van der Waals surface area contributed by atoms with E-state index in [1.807, 2.05) is 22.7 Å². The standard InChI is InChI=1S/C19H30N4O2Si/c1-17(2,3)26(6,7)25-18(4,5)13-9-8-12-23-14(13)21-22-16(23)19(10-11-19)15(20)24/h8-9,12H,10-11H2,1-7H3,(H2,20,24). The van der Waals surface area contributed by atoms with Gasteiger partial charge < -0.3 is 10.2 Å². The van der Waals surface area contributed by atoms with Gasteiger partial charge in [0.1, 0.15) is 5.41 Å². The van der Waals surface area contributed by atoms with Gasteiger partial charge >= 0.3 is 0 Å². The Morgan fingerprint density at radius 1 is 1.23 bits per heavy atom. The molecule has 0 bridgehead atoms. The number of nitrogens with two attached hydrogens (primary N) is 1. The lowest BCUT2D eigenvalue weighted by molar-refractivity contribution is -0.120. The van der Waals surface area contributed by atoms with Gasteiger partial charge in [0.05, 0.1) is 5.60 Å². The van der Waals surface area contributed by atoms with Crippen LogP contribution in [-0.2, 0) is 20.2 Å². The monoisotopic (exact) mass is 374 g/mol. The molecule has 0 spiro atoms. The van der Waals surface area contributed by atoms with Gasteiger partial charge in [-0.3, -0.25) is 9.20 Å². The number of hydrogen-bond donors (Lipinski definition) is 1. The maximum Gasteiger partial charge on any atom is 0.231 e. The first-order chi connectivity index (χ1) is 11.8. The van der Waals surface area contributed by atoms with E-state index in [1.165, 1.54) is 0 Å². The number of aromatic nitrogens is 3. The minimum absolute atomic E-state index is 0.109. The lowest BCUT2D eigenvalue weighted by atomic mass is 9.99. The van der Waals surface area contributed by atoms with Gasteiger partial charge in [0.15, 0.2) is 19.8 Å². The molecule has 0 radical (unpaired) electrons. The van der Waals surface area contributed by atoms with Crippen LogP contribution in [0.2, 0.25) is 18.1 Å². The summed E-state index contributed by atoms with van der Waals surface area (Å²) in [6.07, 6.45) is 3.37. The number of carbonyl (C=O) groups excluding carboxylic acids is 1. The lowest BCUT2D eigenvalue weighted by Gasteiger charge is -2.43. The van der Waals surface area contributed by atoms with E-state index in [2.05, 4.69) is 57.9 Å². The first-order valence-electron chi connectivity index (χ1n) is 9.17. The van der Waals surface area contributed by atoms with Gasteiger partial charge in [0, 0.05) is 11.8 Å². The van der Waals surface area contributed by atoms with E-state index in [-0.39, 0.29) is 10.9 Å². The van der Waals surface area contributed by atoms with Crippen molar-refractivity contribution in [2.24, 2.45) is 5.73 Å². The van der Waals surface area contributed by atoms with E-state index in [0.717, 1.165) is 24.1 Å². The highest BCUT2D eigenvalue weighted by atomic mass is 28.4. The summed E-state index contributed by atoms with van der Waals surface area (Å²) in [6.45, 7) is 15.3. The van der Waals surface area contributed by atoms with Gasteiger partial charge in [-0.15, -0.1) is 10.2 Å². The van der Waals surface area contributed by atoms with Gasteiger partial charge in [-0.2, -0.15) is 0 Å². The second-order valence-electron chi connectivity index (χ2n) is 9.46. The number of primary amides is 1. The Hall–Kier alpha value is -1.73. The fourth-order valence-electron chi connectivity index (χ4n) is 3.26. The number of fused-ring (bicyclic) bond motifs is 1. The lowest BCUT2D eigenvalue weighted by Crippen LogP contribution is -2.46. The SMILES string of the molecule is CC(C)(O[Si](C)(C)C(C)(C)C)c1cccn2c(C3(C(N)=O)CC3)nnc12. The summed E-state index contributed by atoms with van der Waals surface area (Å²) in [5.74, 6) is 0.318. The van der Waals surface area contributed by atoms with Crippen LogP contribution >= 0.6 is 0 Å². The zero-order chi connectivity index (χ0) is 19.5. The molecule has 0 aromatic carbocycles. The second kappa shape index (κ2) is 5.63. The van der Waals surface area contributed by atoms with Crippen molar-refractivity contribution in [2.75, 3.05) is 0 Å². The molecule has 0 unspecified atom stereocenters. The number of pyridine rings is 1. The Bertz CT molecular complexity index is 860. The first-order valence-corrected chi connectivity index (χ1v) is 12.1. The zero-order valence-electron chi connectivity index (χ0n) is 16.9. The normalized spacial score (nSPS) is 17.5. The second-order valence-corrected chi connectivity index (χ2v) is 14.2. The molecule has 1 aliphatic carbocycles. The molecule has 0 aliphatic heterocycles. The van der Waals surface area contributed by atoms with Crippen LogP contribution in [0.25, 0.3) is 5.65 Å². The summed E-state index contributed by atoms with van der Waals surface area (Å²) in [5.41, 5.74) is 6.16. The van der Waals surface area contributed by atoms with Crippen LogP contribution in [0.1, 0.15) is 58.8 Å². The number of hydrogen-bond acceptors (Lipinski definition) is 4. The fraction of sp³-hybridized carbons (Fsp3) is 0.632. The molecular weight excluding hydrogens is 344 g/mol. The van der Waals surface area contributed by atoms with Crippen LogP contribution in [0.15, 0.2) is 18.3 Å². The van der Waals surface area contributed by atoms with Crippen LogP contribution in [0.5, 0.6) is 0 Å². The molecule has 2 aromatic rings. The van der Waals surface area contributed by atoms with Crippen LogP contribution in [0.3, 0.4) is 0 Å². The van der Waals surface area contributed by atoms with Crippen LogP contribution < -0.4 is 5.73 Å². The number of rotatable bonds is 5. The Morgan fingerprint density at radius 3 is 2.35 bits per heavy atom. The molecule has 2 heterocycles. The van der Waals surface area contributed by atoms with Crippen molar-refractivity contribution in [3.63, 3.8) is 0 Å². The highest BCUT2D eigenvalue weighted by Crippen LogP contribution is 2.48. The van der Waals surface area contributed by atoms with Crippen LogP contribution in [0.4, 0.5) is 0 Å². The molecule has 1 amide bonds. The minimum atomic E-state index is -1.98. The molecule has 7 heteroatoms. The predicted molar refractivity (Wildman–Crippen MR) is 104 cm³/mol. The Balaban J connectivity index is 2.07.